The minimum atomic E-state index is -0.707. The van der Waals surface area contributed by atoms with Crippen LogP contribution in [0.2, 0.25) is 0 Å². The van der Waals surface area contributed by atoms with Gasteiger partial charge in [-0.05, 0) is 67.1 Å². The standard InChI is InChI=1S/C30H43NO3/c1-8-34-24-18-30(6,7)17-23-25(24)19(2)26(27(31-23)20-13-15-33-16-14-20)28(32)21-9-11-22(12-10-21)29(3,4)5/h9-12,20,24,28,32H,8,13-18H2,1-7H3/t24?,28-/m0/s1. The van der Waals surface area contributed by atoms with Gasteiger partial charge in [0.05, 0.1) is 11.8 Å². The van der Waals surface area contributed by atoms with Gasteiger partial charge < -0.3 is 14.6 Å². The van der Waals surface area contributed by atoms with Gasteiger partial charge in [0.25, 0.3) is 0 Å². The van der Waals surface area contributed by atoms with Crippen molar-refractivity contribution in [1.82, 2.24) is 4.98 Å². The lowest BCUT2D eigenvalue weighted by molar-refractivity contribution is 0.0182. The van der Waals surface area contributed by atoms with Gasteiger partial charge >= 0.3 is 0 Å². The maximum absolute atomic E-state index is 11.8. The third-order valence-electron chi connectivity index (χ3n) is 7.70. The molecule has 1 unspecified atom stereocenters. The molecule has 34 heavy (non-hydrogen) atoms. The summed E-state index contributed by atoms with van der Waals surface area (Å²) in [5, 5.41) is 11.8. The lowest BCUT2D eigenvalue weighted by atomic mass is 9.72. The molecule has 0 saturated carbocycles. The Morgan fingerprint density at radius 2 is 1.79 bits per heavy atom. The Labute approximate surface area is 206 Å². The van der Waals surface area contributed by atoms with Gasteiger partial charge in [-0.25, -0.2) is 0 Å². The number of rotatable bonds is 5. The van der Waals surface area contributed by atoms with Crippen molar-refractivity contribution in [3.8, 4) is 0 Å². The van der Waals surface area contributed by atoms with Crippen LogP contribution in [0.25, 0.3) is 0 Å². The van der Waals surface area contributed by atoms with Crippen molar-refractivity contribution in [2.24, 2.45) is 5.41 Å². The summed E-state index contributed by atoms with van der Waals surface area (Å²) >= 11 is 0. The van der Waals surface area contributed by atoms with Crippen molar-refractivity contribution in [3.63, 3.8) is 0 Å². The van der Waals surface area contributed by atoms with Gasteiger partial charge in [-0.1, -0.05) is 58.9 Å². The molecule has 4 heteroatoms. The fourth-order valence-electron chi connectivity index (χ4n) is 5.81. The molecule has 0 radical (unpaired) electrons. The average molecular weight is 466 g/mol. The zero-order chi connectivity index (χ0) is 24.7. The predicted molar refractivity (Wildman–Crippen MR) is 137 cm³/mol. The number of fused-ring (bicyclic) bond motifs is 1. The number of ether oxygens (including phenoxy) is 2. The highest BCUT2D eigenvalue weighted by Gasteiger charge is 2.38. The maximum atomic E-state index is 11.8. The van der Waals surface area contributed by atoms with Crippen LogP contribution in [0.1, 0.15) is 118 Å². The predicted octanol–water partition coefficient (Wildman–Crippen LogP) is 6.71. The molecule has 4 nitrogen and oxygen atoms in total. The number of aromatic nitrogens is 1. The second-order valence-electron chi connectivity index (χ2n) is 12.0. The lowest BCUT2D eigenvalue weighted by Crippen LogP contribution is -2.31. The molecule has 1 aliphatic carbocycles. The molecule has 2 aromatic rings. The van der Waals surface area contributed by atoms with Crippen molar-refractivity contribution in [2.75, 3.05) is 19.8 Å². The molecule has 1 aliphatic heterocycles. The van der Waals surface area contributed by atoms with Crippen LogP contribution in [0.4, 0.5) is 0 Å². The lowest BCUT2D eigenvalue weighted by Gasteiger charge is -2.39. The smallest absolute Gasteiger partial charge is 0.106 e. The van der Waals surface area contributed by atoms with E-state index in [2.05, 4.69) is 72.7 Å². The summed E-state index contributed by atoms with van der Waals surface area (Å²) in [7, 11) is 0. The third kappa shape index (κ3) is 5.10. The first kappa shape index (κ1) is 25.3. The fourth-order valence-corrected chi connectivity index (χ4v) is 5.81. The molecular formula is C30H43NO3. The van der Waals surface area contributed by atoms with E-state index in [4.69, 9.17) is 14.5 Å². The Hall–Kier alpha value is -1.75. The number of hydrogen-bond donors (Lipinski definition) is 1. The molecule has 1 aromatic carbocycles. The minimum absolute atomic E-state index is 0.0224. The van der Waals surface area contributed by atoms with E-state index in [1.165, 1.54) is 11.1 Å². The number of pyridine rings is 1. The van der Waals surface area contributed by atoms with E-state index in [9.17, 15) is 5.11 Å². The Kier molecular flexibility index (Phi) is 7.24. The summed E-state index contributed by atoms with van der Waals surface area (Å²) < 4.78 is 11.9. The number of aliphatic hydroxyl groups is 1. The Bertz CT molecular complexity index is 997. The zero-order valence-electron chi connectivity index (χ0n) is 22.2. The maximum Gasteiger partial charge on any atom is 0.106 e. The van der Waals surface area contributed by atoms with Gasteiger partial charge in [-0.2, -0.15) is 0 Å². The van der Waals surface area contributed by atoms with Crippen molar-refractivity contribution in [1.29, 1.82) is 0 Å². The normalized spacial score (nSPS) is 21.8. The zero-order valence-corrected chi connectivity index (χ0v) is 22.2. The molecule has 1 aromatic heterocycles. The van der Waals surface area contributed by atoms with Crippen LogP contribution in [0, 0.1) is 12.3 Å². The van der Waals surface area contributed by atoms with Crippen LogP contribution in [0.3, 0.4) is 0 Å². The van der Waals surface area contributed by atoms with Gasteiger partial charge in [-0.3, -0.25) is 4.98 Å². The van der Waals surface area contributed by atoms with E-state index in [0.29, 0.717) is 12.5 Å². The Morgan fingerprint density at radius 3 is 2.38 bits per heavy atom. The average Bonchev–Trinajstić information content (AvgIpc) is 2.78. The molecule has 0 amide bonds. The van der Waals surface area contributed by atoms with Crippen LogP contribution >= 0.6 is 0 Å². The van der Waals surface area contributed by atoms with Gasteiger partial charge in [0.15, 0.2) is 0 Å². The molecule has 0 bridgehead atoms. The highest BCUT2D eigenvalue weighted by atomic mass is 16.5. The summed E-state index contributed by atoms with van der Waals surface area (Å²) in [5.74, 6) is 0.312. The number of nitrogens with zero attached hydrogens (tertiary/aromatic N) is 1. The molecule has 1 N–H and O–H groups in total. The molecule has 0 spiro atoms. The number of hydrogen-bond acceptors (Lipinski definition) is 4. The fraction of sp³-hybridized carbons (Fsp3) is 0.633. The summed E-state index contributed by atoms with van der Waals surface area (Å²) in [5.41, 5.74) is 8.00. The number of benzene rings is 1. The molecule has 2 atom stereocenters. The monoisotopic (exact) mass is 465 g/mol. The molecular weight excluding hydrogens is 422 g/mol. The van der Waals surface area contributed by atoms with Crippen LogP contribution < -0.4 is 0 Å². The van der Waals surface area contributed by atoms with Crippen LogP contribution in [0.5, 0.6) is 0 Å². The molecule has 2 heterocycles. The third-order valence-corrected chi connectivity index (χ3v) is 7.70. The van der Waals surface area contributed by atoms with Gasteiger partial charge in [0, 0.05) is 42.6 Å². The summed E-state index contributed by atoms with van der Waals surface area (Å²) in [6, 6.07) is 8.47. The van der Waals surface area contributed by atoms with Gasteiger partial charge in [0.2, 0.25) is 0 Å². The largest absolute Gasteiger partial charge is 0.384 e. The second-order valence-corrected chi connectivity index (χ2v) is 12.0. The van der Waals surface area contributed by atoms with Crippen molar-refractivity contribution >= 4 is 0 Å². The van der Waals surface area contributed by atoms with E-state index < -0.39 is 6.10 Å². The summed E-state index contributed by atoms with van der Waals surface area (Å²) in [6.45, 7) is 17.7. The topological polar surface area (TPSA) is 51.6 Å². The molecule has 186 valence electrons. The highest BCUT2D eigenvalue weighted by molar-refractivity contribution is 5.48. The molecule has 2 aliphatic rings. The Balaban J connectivity index is 1.85. The summed E-state index contributed by atoms with van der Waals surface area (Å²) in [6.07, 6.45) is 3.14. The summed E-state index contributed by atoms with van der Waals surface area (Å²) in [4.78, 5) is 5.33. The SMILES string of the molecule is CCOC1CC(C)(C)Cc2nc(C3CCOCC3)c([C@@H](O)c3ccc(C(C)(C)C)cc3)c(C)c21. The molecule has 1 saturated heterocycles. The van der Waals surface area contributed by atoms with Gasteiger partial charge in [-0.15, -0.1) is 0 Å². The van der Waals surface area contributed by atoms with Crippen LogP contribution in [0.15, 0.2) is 24.3 Å². The van der Waals surface area contributed by atoms with E-state index in [1.54, 1.807) is 0 Å². The van der Waals surface area contributed by atoms with Gasteiger partial charge in [0.1, 0.15) is 6.10 Å². The molecule has 1 fully saturated rings. The van der Waals surface area contributed by atoms with E-state index in [0.717, 1.165) is 67.0 Å². The van der Waals surface area contributed by atoms with E-state index in [1.807, 2.05) is 0 Å². The van der Waals surface area contributed by atoms with E-state index in [-0.39, 0.29) is 16.9 Å². The molecule has 4 rings (SSSR count). The van der Waals surface area contributed by atoms with Crippen molar-refractivity contribution in [2.45, 2.75) is 97.7 Å². The number of aliphatic hydroxyl groups excluding tert-OH is 1. The Morgan fingerprint density at radius 1 is 1.15 bits per heavy atom. The van der Waals surface area contributed by atoms with Crippen LogP contribution in [-0.4, -0.2) is 29.9 Å². The quantitative estimate of drug-likeness (QED) is 0.533. The van der Waals surface area contributed by atoms with Crippen LogP contribution in [-0.2, 0) is 21.3 Å². The second kappa shape index (κ2) is 9.72. The first-order chi connectivity index (χ1) is 16.0. The van der Waals surface area contributed by atoms with Crippen molar-refractivity contribution < 1.29 is 14.6 Å². The first-order valence-corrected chi connectivity index (χ1v) is 13.0. The van der Waals surface area contributed by atoms with Crippen molar-refractivity contribution in [3.05, 3.63) is 63.5 Å². The highest BCUT2D eigenvalue weighted by Crippen LogP contribution is 2.47. The first-order valence-electron chi connectivity index (χ1n) is 13.0. The van der Waals surface area contributed by atoms with E-state index >= 15 is 0 Å². The minimum Gasteiger partial charge on any atom is -0.384 e.